The highest BCUT2D eigenvalue weighted by atomic mass is 16.2. The van der Waals surface area contributed by atoms with Gasteiger partial charge in [0.15, 0.2) is 0 Å². The maximum atomic E-state index is 12.7. The van der Waals surface area contributed by atoms with Gasteiger partial charge in [0.2, 0.25) is 11.8 Å². The zero-order chi connectivity index (χ0) is 21.3. The number of nitrogens with zero attached hydrogens (tertiary/aromatic N) is 5. The summed E-state index contributed by atoms with van der Waals surface area (Å²) in [6.07, 6.45) is 4.08. The van der Waals surface area contributed by atoms with Crippen molar-refractivity contribution in [2.24, 2.45) is 5.92 Å². The van der Waals surface area contributed by atoms with E-state index in [0.29, 0.717) is 44.8 Å². The van der Waals surface area contributed by atoms with E-state index in [1.54, 1.807) is 6.20 Å². The van der Waals surface area contributed by atoms with E-state index in [0.717, 1.165) is 35.0 Å². The van der Waals surface area contributed by atoms with E-state index in [4.69, 9.17) is 9.97 Å². The van der Waals surface area contributed by atoms with E-state index >= 15 is 0 Å². The first-order valence-electron chi connectivity index (χ1n) is 10.8. The minimum absolute atomic E-state index is 0.0856. The van der Waals surface area contributed by atoms with Crippen molar-refractivity contribution in [3.63, 3.8) is 0 Å². The molecule has 2 aromatic rings. The third-order valence-electron chi connectivity index (χ3n) is 5.87. The molecule has 1 fully saturated rings. The summed E-state index contributed by atoms with van der Waals surface area (Å²) in [6, 6.07) is 5.63. The summed E-state index contributed by atoms with van der Waals surface area (Å²) in [5.74, 6) is 2.22. The van der Waals surface area contributed by atoms with Crippen molar-refractivity contribution < 1.29 is 9.59 Å². The average molecular weight is 408 g/mol. The highest BCUT2D eigenvalue weighted by molar-refractivity contribution is 5.95. The second-order valence-corrected chi connectivity index (χ2v) is 8.69. The van der Waals surface area contributed by atoms with Crippen LogP contribution in [-0.2, 0) is 22.4 Å². The van der Waals surface area contributed by atoms with Crippen molar-refractivity contribution >= 4 is 17.6 Å². The molecule has 0 spiro atoms. The van der Waals surface area contributed by atoms with Crippen LogP contribution < -0.4 is 4.90 Å². The van der Waals surface area contributed by atoms with Crippen LogP contribution >= 0.6 is 0 Å². The molecular formula is C23H29N5O2. The molecule has 7 nitrogen and oxygen atoms in total. The molecule has 4 heterocycles. The molecule has 2 aliphatic heterocycles. The highest BCUT2D eigenvalue weighted by Gasteiger charge is 2.33. The van der Waals surface area contributed by atoms with Crippen molar-refractivity contribution in [2.75, 3.05) is 24.5 Å². The van der Waals surface area contributed by atoms with E-state index in [1.165, 1.54) is 0 Å². The number of anilines is 1. The van der Waals surface area contributed by atoms with Gasteiger partial charge in [-0.3, -0.25) is 19.5 Å². The Bertz CT molecular complexity index is 944. The standard InChI is InChI=1S/C23H29N5O2/c1-15(2)13-28-20(29)8-7-19-16(3)25-22(26-23(19)28)17-9-11-27(14-17)21(30)12-18-6-4-5-10-24-18/h4-6,10,15,17H,7-9,11-14H2,1-3H3. The molecule has 2 aromatic heterocycles. The van der Waals surface area contributed by atoms with Crippen LogP contribution in [0.3, 0.4) is 0 Å². The van der Waals surface area contributed by atoms with Crippen LogP contribution in [0.1, 0.15) is 55.4 Å². The van der Waals surface area contributed by atoms with Gasteiger partial charge in [0, 0.05) is 55.1 Å². The van der Waals surface area contributed by atoms with E-state index < -0.39 is 0 Å². The summed E-state index contributed by atoms with van der Waals surface area (Å²) in [4.78, 5) is 42.9. The molecule has 2 amide bonds. The Balaban J connectivity index is 1.52. The second kappa shape index (κ2) is 8.50. The molecule has 1 atom stereocenters. The Morgan fingerprint density at radius 1 is 1.23 bits per heavy atom. The van der Waals surface area contributed by atoms with Gasteiger partial charge in [-0.2, -0.15) is 0 Å². The van der Waals surface area contributed by atoms with Gasteiger partial charge in [-0.1, -0.05) is 19.9 Å². The Morgan fingerprint density at radius 3 is 2.80 bits per heavy atom. The fourth-order valence-corrected chi connectivity index (χ4v) is 4.31. The number of amides is 2. The lowest BCUT2D eigenvalue weighted by atomic mass is 10.0. The predicted molar refractivity (Wildman–Crippen MR) is 114 cm³/mol. The summed E-state index contributed by atoms with van der Waals surface area (Å²) < 4.78 is 0. The van der Waals surface area contributed by atoms with Gasteiger partial charge in [0.1, 0.15) is 11.6 Å². The van der Waals surface area contributed by atoms with Crippen LogP contribution in [0.15, 0.2) is 24.4 Å². The zero-order valence-electron chi connectivity index (χ0n) is 18.0. The quantitative estimate of drug-likeness (QED) is 0.761. The molecule has 7 heteroatoms. The lowest BCUT2D eigenvalue weighted by Gasteiger charge is -2.31. The molecule has 4 rings (SSSR count). The first kappa shape index (κ1) is 20.4. The van der Waals surface area contributed by atoms with E-state index in [1.807, 2.05) is 34.9 Å². The van der Waals surface area contributed by atoms with Crippen LogP contribution in [-0.4, -0.2) is 51.3 Å². The van der Waals surface area contributed by atoms with E-state index in [2.05, 4.69) is 18.8 Å². The van der Waals surface area contributed by atoms with E-state index in [9.17, 15) is 9.59 Å². The maximum Gasteiger partial charge on any atom is 0.228 e. The Kier molecular flexibility index (Phi) is 5.79. The SMILES string of the molecule is Cc1nc(C2CCN(C(=O)Cc3ccccn3)C2)nc2c1CCC(=O)N2CC(C)C. The smallest absolute Gasteiger partial charge is 0.228 e. The van der Waals surface area contributed by atoms with E-state index in [-0.39, 0.29) is 17.7 Å². The van der Waals surface area contributed by atoms with Crippen LogP contribution in [0.5, 0.6) is 0 Å². The number of hydrogen-bond acceptors (Lipinski definition) is 5. The normalized spacial score (nSPS) is 18.8. The third-order valence-corrected chi connectivity index (χ3v) is 5.87. The minimum Gasteiger partial charge on any atom is -0.342 e. The summed E-state index contributed by atoms with van der Waals surface area (Å²) in [7, 11) is 0. The number of hydrogen-bond donors (Lipinski definition) is 0. The molecule has 0 bridgehead atoms. The first-order valence-corrected chi connectivity index (χ1v) is 10.8. The Morgan fingerprint density at radius 2 is 2.07 bits per heavy atom. The Labute approximate surface area is 177 Å². The molecule has 0 radical (unpaired) electrons. The van der Waals surface area contributed by atoms with Crippen LogP contribution in [0.4, 0.5) is 5.82 Å². The van der Waals surface area contributed by atoms with Crippen molar-refractivity contribution in [3.05, 3.63) is 47.2 Å². The predicted octanol–water partition coefficient (Wildman–Crippen LogP) is 2.67. The lowest BCUT2D eigenvalue weighted by molar-refractivity contribution is -0.129. The van der Waals surface area contributed by atoms with Crippen molar-refractivity contribution in [2.45, 2.75) is 52.4 Å². The highest BCUT2D eigenvalue weighted by Crippen LogP contribution is 2.32. The minimum atomic E-state index is 0.0856. The second-order valence-electron chi connectivity index (χ2n) is 8.69. The Hall–Kier alpha value is -2.83. The number of aryl methyl sites for hydroxylation is 1. The van der Waals surface area contributed by atoms with Crippen LogP contribution in [0, 0.1) is 12.8 Å². The van der Waals surface area contributed by atoms with Gasteiger partial charge in [-0.25, -0.2) is 9.97 Å². The largest absolute Gasteiger partial charge is 0.342 e. The lowest BCUT2D eigenvalue weighted by Crippen LogP contribution is -2.39. The molecule has 0 aromatic carbocycles. The molecule has 30 heavy (non-hydrogen) atoms. The number of carbonyl (C=O) groups is 2. The summed E-state index contributed by atoms with van der Waals surface area (Å²) in [5.41, 5.74) is 2.82. The van der Waals surface area contributed by atoms with Crippen molar-refractivity contribution in [3.8, 4) is 0 Å². The van der Waals surface area contributed by atoms with Gasteiger partial charge in [-0.15, -0.1) is 0 Å². The molecule has 0 aliphatic carbocycles. The fraction of sp³-hybridized carbons (Fsp3) is 0.522. The maximum absolute atomic E-state index is 12.7. The summed E-state index contributed by atoms with van der Waals surface area (Å²) in [5, 5.41) is 0. The topological polar surface area (TPSA) is 79.3 Å². The van der Waals surface area contributed by atoms with Gasteiger partial charge in [-0.05, 0) is 37.8 Å². The molecule has 158 valence electrons. The number of carbonyl (C=O) groups excluding carboxylic acids is 2. The van der Waals surface area contributed by atoms with Gasteiger partial charge >= 0.3 is 0 Å². The van der Waals surface area contributed by atoms with Gasteiger partial charge in [0.25, 0.3) is 0 Å². The number of rotatable bonds is 5. The first-order chi connectivity index (χ1) is 14.4. The third kappa shape index (κ3) is 4.20. The molecule has 1 unspecified atom stereocenters. The monoisotopic (exact) mass is 407 g/mol. The average Bonchev–Trinajstić information content (AvgIpc) is 3.21. The fourth-order valence-electron chi connectivity index (χ4n) is 4.31. The molecule has 0 N–H and O–H groups in total. The van der Waals surface area contributed by atoms with Crippen LogP contribution in [0.25, 0.3) is 0 Å². The van der Waals surface area contributed by atoms with Crippen molar-refractivity contribution in [1.82, 2.24) is 19.9 Å². The number of likely N-dealkylation sites (tertiary alicyclic amines) is 1. The van der Waals surface area contributed by atoms with Gasteiger partial charge < -0.3 is 4.90 Å². The van der Waals surface area contributed by atoms with Crippen molar-refractivity contribution in [1.29, 1.82) is 0 Å². The van der Waals surface area contributed by atoms with Gasteiger partial charge in [0.05, 0.1) is 6.42 Å². The molecule has 2 aliphatic rings. The summed E-state index contributed by atoms with van der Waals surface area (Å²) in [6.45, 7) is 8.21. The molecule has 1 saturated heterocycles. The number of pyridine rings is 1. The molecular weight excluding hydrogens is 378 g/mol. The molecule has 0 saturated carbocycles. The summed E-state index contributed by atoms with van der Waals surface area (Å²) >= 11 is 0. The zero-order valence-corrected chi connectivity index (χ0v) is 18.0. The number of aromatic nitrogens is 3. The number of fused-ring (bicyclic) bond motifs is 1. The van der Waals surface area contributed by atoms with Crippen LogP contribution in [0.2, 0.25) is 0 Å².